The molecule has 2 aliphatic rings. The van der Waals surface area contributed by atoms with Crippen molar-refractivity contribution in [1.82, 2.24) is 9.55 Å². The molecule has 1 aromatic heterocycles. The smallest absolute Gasteiger partial charge is 0.303 e. The molecule has 1 aromatic rings. The fraction of sp³-hybridized carbons (Fsp3) is 0.650. The highest BCUT2D eigenvalue weighted by Gasteiger charge is 2.51. The van der Waals surface area contributed by atoms with E-state index in [-0.39, 0.29) is 6.61 Å². The molecule has 2 fully saturated rings. The number of aromatic nitrogens is 2. The molecule has 4 atom stereocenters. The summed E-state index contributed by atoms with van der Waals surface area (Å²) in [5.41, 5.74) is -0.0579. The summed E-state index contributed by atoms with van der Waals surface area (Å²) in [7, 11) is 0. The van der Waals surface area contributed by atoms with Gasteiger partial charge in [-0.3, -0.25) is 23.7 Å². The van der Waals surface area contributed by atoms with Gasteiger partial charge in [0.05, 0.1) is 13.2 Å². The number of hydrogen-bond donors (Lipinski definition) is 0. The minimum absolute atomic E-state index is 0.221. The van der Waals surface area contributed by atoms with E-state index < -0.39 is 48.0 Å². The van der Waals surface area contributed by atoms with Crippen molar-refractivity contribution < 1.29 is 38.1 Å². The van der Waals surface area contributed by atoms with Gasteiger partial charge in [0.1, 0.15) is 12.7 Å². The first-order chi connectivity index (χ1) is 15.2. The lowest BCUT2D eigenvalue weighted by Crippen LogP contribution is -2.43. The number of aryl methyl sites for hydroxylation is 1. The molecule has 0 N–H and O–H groups in total. The van der Waals surface area contributed by atoms with Crippen LogP contribution in [0.2, 0.25) is 0 Å². The average molecular weight is 453 g/mol. The maximum absolute atomic E-state index is 12.3. The number of hydrogen-bond acceptors (Lipinski definition) is 11. The molecule has 3 rings (SSSR count). The normalized spacial score (nSPS) is 25.3. The molecule has 0 aromatic carbocycles. The zero-order valence-corrected chi connectivity index (χ0v) is 18.4. The number of carbonyl (C=O) groups is 3. The lowest BCUT2D eigenvalue weighted by Gasteiger charge is -2.32. The van der Waals surface area contributed by atoms with Gasteiger partial charge in [-0.15, -0.1) is 0 Å². The van der Waals surface area contributed by atoms with Gasteiger partial charge in [-0.1, -0.05) is 0 Å². The summed E-state index contributed by atoms with van der Waals surface area (Å²) in [5.74, 6) is -1.47. The SMILES string of the molecule is CC(=O)OC[C@H]1O[C@@H](n2cc(C)c(=O)nc2N2CCOCC2)[C@H](OC(C)=O)[C@@H]1OC(C)=O. The highest BCUT2D eigenvalue weighted by Crippen LogP contribution is 2.36. The van der Waals surface area contributed by atoms with Gasteiger partial charge in [-0.05, 0) is 6.92 Å². The van der Waals surface area contributed by atoms with Crippen LogP contribution in [0.5, 0.6) is 0 Å². The summed E-state index contributed by atoms with van der Waals surface area (Å²) >= 11 is 0. The zero-order chi connectivity index (χ0) is 23.4. The van der Waals surface area contributed by atoms with Crippen molar-refractivity contribution in [3.63, 3.8) is 0 Å². The highest BCUT2D eigenvalue weighted by molar-refractivity contribution is 5.68. The quantitative estimate of drug-likeness (QED) is 0.415. The lowest BCUT2D eigenvalue weighted by atomic mass is 10.1. The third-order valence-electron chi connectivity index (χ3n) is 5.01. The van der Waals surface area contributed by atoms with E-state index in [4.69, 9.17) is 23.7 Å². The van der Waals surface area contributed by atoms with Crippen LogP contribution in [0.4, 0.5) is 5.95 Å². The van der Waals surface area contributed by atoms with Crippen molar-refractivity contribution in [2.24, 2.45) is 0 Å². The number of rotatable bonds is 6. The van der Waals surface area contributed by atoms with Crippen molar-refractivity contribution in [3.05, 3.63) is 22.1 Å². The number of anilines is 1. The lowest BCUT2D eigenvalue weighted by molar-refractivity contribution is -0.166. The minimum atomic E-state index is -1.07. The summed E-state index contributed by atoms with van der Waals surface area (Å²) in [6, 6.07) is 0. The number of esters is 3. The van der Waals surface area contributed by atoms with Crippen LogP contribution in [0.15, 0.2) is 11.0 Å². The first kappa shape index (κ1) is 23.7. The Kier molecular flexibility index (Phi) is 7.46. The van der Waals surface area contributed by atoms with Crippen molar-refractivity contribution in [2.45, 2.75) is 52.2 Å². The summed E-state index contributed by atoms with van der Waals surface area (Å²) in [4.78, 5) is 53.4. The predicted octanol–water partition coefficient (Wildman–Crippen LogP) is -0.288. The highest BCUT2D eigenvalue weighted by atomic mass is 16.7. The van der Waals surface area contributed by atoms with Crippen LogP contribution in [0, 0.1) is 6.92 Å². The fourth-order valence-electron chi connectivity index (χ4n) is 3.66. The predicted molar refractivity (Wildman–Crippen MR) is 108 cm³/mol. The van der Waals surface area contributed by atoms with E-state index in [1.807, 2.05) is 4.90 Å². The second-order valence-electron chi connectivity index (χ2n) is 7.55. The number of carbonyl (C=O) groups excluding carboxylic acids is 3. The third kappa shape index (κ3) is 5.43. The van der Waals surface area contributed by atoms with Gasteiger partial charge >= 0.3 is 17.9 Å². The van der Waals surface area contributed by atoms with Crippen LogP contribution >= 0.6 is 0 Å². The van der Waals surface area contributed by atoms with E-state index in [1.165, 1.54) is 20.8 Å². The maximum atomic E-state index is 12.3. The van der Waals surface area contributed by atoms with Gasteiger partial charge in [-0.2, -0.15) is 4.98 Å². The summed E-state index contributed by atoms with van der Waals surface area (Å²) < 4.78 is 29.0. The summed E-state index contributed by atoms with van der Waals surface area (Å²) in [5, 5.41) is 0. The topological polar surface area (TPSA) is 135 Å². The molecule has 176 valence electrons. The fourth-order valence-corrected chi connectivity index (χ4v) is 3.66. The van der Waals surface area contributed by atoms with E-state index in [1.54, 1.807) is 17.7 Å². The first-order valence-electron chi connectivity index (χ1n) is 10.2. The molecule has 0 amide bonds. The molecule has 0 saturated carbocycles. The molecule has 2 aliphatic heterocycles. The second-order valence-corrected chi connectivity index (χ2v) is 7.55. The van der Waals surface area contributed by atoms with Crippen LogP contribution in [0.25, 0.3) is 0 Å². The van der Waals surface area contributed by atoms with Crippen LogP contribution in [-0.4, -0.2) is 78.7 Å². The van der Waals surface area contributed by atoms with Crippen molar-refractivity contribution >= 4 is 23.9 Å². The summed E-state index contributed by atoms with van der Waals surface area (Å²) in [6.07, 6.45) is -2.46. The number of ether oxygens (including phenoxy) is 5. The molecular formula is C20H27N3O9. The first-order valence-corrected chi connectivity index (χ1v) is 10.2. The second kappa shape index (κ2) is 10.1. The van der Waals surface area contributed by atoms with Crippen molar-refractivity contribution in [2.75, 3.05) is 37.8 Å². The standard InChI is InChI=1S/C20H27N3O9/c1-11-9-23(20(21-18(11)27)22-5-7-28-8-6-22)19-17(31-14(4)26)16(30-13(3)25)15(32-19)10-29-12(2)24/h9,15-17,19H,5-8,10H2,1-4H3/t15-,16-,17-,19-/m1/s1. The molecule has 0 aliphatic carbocycles. The molecule has 0 bridgehead atoms. The Morgan fingerprint density at radius 3 is 2.28 bits per heavy atom. The zero-order valence-electron chi connectivity index (χ0n) is 18.4. The van der Waals surface area contributed by atoms with Gasteiger partial charge in [0.15, 0.2) is 18.4 Å². The molecule has 12 nitrogen and oxygen atoms in total. The molecule has 32 heavy (non-hydrogen) atoms. The minimum Gasteiger partial charge on any atom is -0.463 e. The van der Waals surface area contributed by atoms with Gasteiger partial charge in [0, 0.05) is 45.6 Å². The van der Waals surface area contributed by atoms with Crippen molar-refractivity contribution in [3.8, 4) is 0 Å². The van der Waals surface area contributed by atoms with E-state index in [2.05, 4.69) is 4.98 Å². The Balaban J connectivity index is 2.05. The molecule has 3 heterocycles. The van der Waals surface area contributed by atoms with Gasteiger partial charge in [-0.25, -0.2) is 0 Å². The molecule has 12 heteroatoms. The number of morpholine rings is 1. The average Bonchev–Trinajstić information content (AvgIpc) is 3.04. The monoisotopic (exact) mass is 453 g/mol. The Morgan fingerprint density at radius 1 is 1.06 bits per heavy atom. The van der Waals surface area contributed by atoms with Crippen LogP contribution in [0.1, 0.15) is 32.6 Å². The molecule has 0 spiro atoms. The largest absolute Gasteiger partial charge is 0.463 e. The maximum Gasteiger partial charge on any atom is 0.303 e. The van der Waals surface area contributed by atoms with E-state index in [0.29, 0.717) is 37.8 Å². The van der Waals surface area contributed by atoms with Gasteiger partial charge in [0.25, 0.3) is 5.56 Å². The Hall–Kier alpha value is -2.99. The summed E-state index contributed by atoms with van der Waals surface area (Å²) in [6.45, 7) is 6.94. The van der Waals surface area contributed by atoms with E-state index >= 15 is 0 Å². The van der Waals surface area contributed by atoms with Gasteiger partial charge < -0.3 is 28.6 Å². The van der Waals surface area contributed by atoms with E-state index in [9.17, 15) is 19.2 Å². The Bertz CT molecular complexity index is 925. The van der Waals surface area contributed by atoms with Gasteiger partial charge in [0.2, 0.25) is 5.95 Å². The van der Waals surface area contributed by atoms with Crippen molar-refractivity contribution in [1.29, 1.82) is 0 Å². The third-order valence-corrected chi connectivity index (χ3v) is 5.01. The Morgan fingerprint density at radius 2 is 1.69 bits per heavy atom. The van der Waals surface area contributed by atoms with Crippen LogP contribution < -0.4 is 10.5 Å². The molecular weight excluding hydrogens is 426 g/mol. The molecule has 0 radical (unpaired) electrons. The van der Waals surface area contributed by atoms with E-state index in [0.717, 1.165) is 0 Å². The number of nitrogens with zero attached hydrogens (tertiary/aromatic N) is 3. The van der Waals surface area contributed by atoms with Crippen LogP contribution in [0.3, 0.4) is 0 Å². The molecule has 2 saturated heterocycles. The molecule has 0 unspecified atom stereocenters. The van der Waals surface area contributed by atoms with Crippen LogP contribution in [-0.2, 0) is 38.1 Å². The Labute approximate surface area is 184 Å².